The van der Waals surface area contributed by atoms with E-state index in [4.69, 9.17) is 11.6 Å². The van der Waals surface area contributed by atoms with Crippen molar-refractivity contribution in [1.82, 2.24) is 10.3 Å². The number of hydrogen-bond donors (Lipinski definition) is 1. The summed E-state index contributed by atoms with van der Waals surface area (Å²) in [5.74, 6) is -0.155. The molecule has 0 bridgehead atoms. The van der Waals surface area contributed by atoms with Gasteiger partial charge in [0.25, 0.3) is 5.91 Å². The quantitative estimate of drug-likeness (QED) is 0.920. The Kier molecular flexibility index (Phi) is 4.63. The maximum Gasteiger partial charge on any atom is 0.251 e. The minimum absolute atomic E-state index is 0.0440. The van der Waals surface area contributed by atoms with Gasteiger partial charge in [-0.2, -0.15) is 0 Å². The van der Waals surface area contributed by atoms with Gasteiger partial charge < -0.3 is 10.2 Å². The zero-order valence-corrected chi connectivity index (χ0v) is 14.2. The SMILES string of the molecule is CC(NC(=O)c1ccc(Cl)c(N2CCCC2=O)c1)c1cncs1. The van der Waals surface area contributed by atoms with Gasteiger partial charge in [0, 0.05) is 29.6 Å². The first kappa shape index (κ1) is 16.0. The van der Waals surface area contributed by atoms with Crippen molar-refractivity contribution in [2.24, 2.45) is 0 Å². The number of anilines is 1. The second kappa shape index (κ2) is 6.68. The van der Waals surface area contributed by atoms with E-state index in [-0.39, 0.29) is 17.9 Å². The van der Waals surface area contributed by atoms with Crippen LogP contribution in [-0.4, -0.2) is 23.3 Å². The van der Waals surface area contributed by atoms with Gasteiger partial charge in [0.1, 0.15) is 0 Å². The minimum Gasteiger partial charge on any atom is -0.345 e. The van der Waals surface area contributed by atoms with E-state index < -0.39 is 0 Å². The number of carbonyl (C=O) groups excluding carboxylic acids is 2. The van der Waals surface area contributed by atoms with Gasteiger partial charge in [0.15, 0.2) is 0 Å². The van der Waals surface area contributed by atoms with Crippen LogP contribution >= 0.6 is 22.9 Å². The van der Waals surface area contributed by atoms with Crippen LogP contribution in [0.3, 0.4) is 0 Å². The summed E-state index contributed by atoms with van der Waals surface area (Å²) in [4.78, 5) is 31.0. The summed E-state index contributed by atoms with van der Waals surface area (Å²) in [7, 11) is 0. The number of hydrogen-bond acceptors (Lipinski definition) is 4. The lowest BCUT2D eigenvalue weighted by molar-refractivity contribution is -0.117. The first-order valence-corrected chi connectivity index (χ1v) is 8.61. The van der Waals surface area contributed by atoms with Gasteiger partial charge in [-0.15, -0.1) is 11.3 Å². The molecule has 0 radical (unpaired) electrons. The Hall–Kier alpha value is -1.92. The number of rotatable bonds is 4. The molecule has 1 aliphatic rings. The monoisotopic (exact) mass is 349 g/mol. The van der Waals surface area contributed by atoms with E-state index in [2.05, 4.69) is 10.3 Å². The van der Waals surface area contributed by atoms with E-state index in [9.17, 15) is 9.59 Å². The molecule has 0 spiro atoms. The van der Waals surface area contributed by atoms with E-state index in [1.807, 2.05) is 6.92 Å². The molecule has 2 amide bonds. The van der Waals surface area contributed by atoms with Gasteiger partial charge in [0.05, 0.1) is 22.3 Å². The van der Waals surface area contributed by atoms with Crippen LogP contribution in [0, 0.1) is 0 Å². The average Bonchev–Trinajstić information content (AvgIpc) is 3.19. The predicted octanol–water partition coefficient (Wildman–Crippen LogP) is 3.41. The first-order valence-electron chi connectivity index (χ1n) is 7.35. The Balaban J connectivity index is 1.80. The molecule has 1 aromatic carbocycles. The molecule has 0 aliphatic carbocycles. The molecule has 23 heavy (non-hydrogen) atoms. The average molecular weight is 350 g/mol. The van der Waals surface area contributed by atoms with Gasteiger partial charge in [-0.1, -0.05) is 11.6 Å². The van der Waals surface area contributed by atoms with Gasteiger partial charge in [-0.3, -0.25) is 14.6 Å². The maximum atomic E-state index is 12.4. The predicted molar refractivity (Wildman–Crippen MR) is 91.0 cm³/mol. The molecule has 1 aromatic heterocycles. The lowest BCUT2D eigenvalue weighted by Crippen LogP contribution is -2.27. The molecular weight excluding hydrogens is 334 g/mol. The highest BCUT2D eigenvalue weighted by molar-refractivity contribution is 7.09. The number of amides is 2. The minimum atomic E-state index is -0.199. The fourth-order valence-corrected chi connectivity index (χ4v) is 3.40. The van der Waals surface area contributed by atoms with Gasteiger partial charge in [-0.05, 0) is 31.5 Å². The van der Waals surface area contributed by atoms with E-state index in [0.717, 1.165) is 11.3 Å². The molecule has 1 saturated heterocycles. The van der Waals surface area contributed by atoms with Crippen LogP contribution in [0.15, 0.2) is 29.9 Å². The summed E-state index contributed by atoms with van der Waals surface area (Å²) in [5.41, 5.74) is 2.82. The standard InChI is InChI=1S/C16H16ClN3O2S/c1-10(14-8-18-9-23-14)19-16(22)11-4-5-12(17)13(7-11)20-6-2-3-15(20)21/h4-5,7-10H,2-3,6H2,1H3,(H,19,22). The summed E-state index contributed by atoms with van der Waals surface area (Å²) in [5, 5.41) is 3.41. The van der Waals surface area contributed by atoms with Crippen LogP contribution in [0.25, 0.3) is 0 Å². The molecule has 2 aromatic rings. The summed E-state index contributed by atoms with van der Waals surface area (Å²) < 4.78 is 0. The van der Waals surface area contributed by atoms with E-state index in [0.29, 0.717) is 29.2 Å². The van der Waals surface area contributed by atoms with Crippen molar-refractivity contribution in [3.05, 3.63) is 45.4 Å². The number of halogens is 1. The molecule has 1 N–H and O–H groups in total. The third kappa shape index (κ3) is 3.38. The summed E-state index contributed by atoms with van der Waals surface area (Å²) in [6.45, 7) is 2.55. The van der Waals surface area contributed by atoms with Crippen LogP contribution < -0.4 is 10.2 Å². The van der Waals surface area contributed by atoms with Crippen LogP contribution in [0.4, 0.5) is 5.69 Å². The van der Waals surface area contributed by atoms with Crippen LogP contribution in [0.5, 0.6) is 0 Å². The fourth-order valence-electron chi connectivity index (χ4n) is 2.55. The normalized spacial score (nSPS) is 15.7. The molecule has 120 valence electrons. The highest BCUT2D eigenvalue weighted by Gasteiger charge is 2.24. The van der Waals surface area contributed by atoms with Crippen LogP contribution in [-0.2, 0) is 4.79 Å². The molecule has 0 saturated carbocycles. The number of benzene rings is 1. The number of aromatic nitrogens is 1. The van der Waals surface area contributed by atoms with E-state index in [1.54, 1.807) is 34.8 Å². The number of thiazole rings is 1. The van der Waals surface area contributed by atoms with Crippen molar-refractivity contribution in [2.45, 2.75) is 25.8 Å². The van der Waals surface area contributed by atoms with E-state index >= 15 is 0 Å². The zero-order chi connectivity index (χ0) is 16.4. The van der Waals surface area contributed by atoms with Gasteiger partial charge in [-0.25, -0.2) is 0 Å². The molecule has 1 fully saturated rings. The van der Waals surface area contributed by atoms with Crippen LogP contribution in [0.1, 0.15) is 41.0 Å². The Morgan fingerprint density at radius 1 is 1.48 bits per heavy atom. The highest BCUT2D eigenvalue weighted by atomic mass is 35.5. The van der Waals surface area contributed by atoms with Crippen molar-refractivity contribution < 1.29 is 9.59 Å². The third-order valence-corrected chi connectivity index (χ3v) is 5.08. The largest absolute Gasteiger partial charge is 0.345 e. The number of nitrogens with one attached hydrogen (secondary N) is 1. The van der Waals surface area contributed by atoms with Crippen molar-refractivity contribution in [2.75, 3.05) is 11.4 Å². The zero-order valence-electron chi connectivity index (χ0n) is 12.6. The van der Waals surface area contributed by atoms with Crippen LogP contribution in [0.2, 0.25) is 5.02 Å². The molecule has 7 heteroatoms. The second-order valence-electron chi connectivity index (χ2n) is 5.41. The van der Waals surface area contributed by atoms with E-state index in [1.165, 1.54) is 11.3 Å². The Morgan fingerprint density at radius 2 is 2.30 bits per heavy atom. The van der Waals surface area contributed by atoms with Crippen molar-refractivity contribution >= 4 is 40.4 Å². The first-order chi connectivity index (χ1) is 11.1. The number of nitrogens with zero attached hydrogens (tertiary/aromatic N) is 2. The smallest absolute Gasteiger partial charge is 0.251 e. The lowest BCUT2D eigenvalue weighted by Gasteiger charge is -2.19. The summed E-state index contributed by atoms with van der Waals surface area (Å²) in [6, 6.07) is 4.89. The summed E-state index contributed by atoms with van der Waals surface area (Å²) in [6.07, 6.45) is 3.08. The molecule has 5 nitrogen and oxygen atoms in total. The molecule has 1 unspecified atom stereocenters. The molecule has 2 heterocycles. The Labute approximate surface area is 143 Å². The topological polar surface area (TPSA) is 62.3 Å². The molecule has 1 atom stereocenters. The molecule has 3 rings (SSSR count). The van der Waals surface area contributed by atoms with Crippen molar-refractivity contribution in [3.8, 4) is 0 Å². The molecular formula is C16H16ClN3O2S. The van der Waals surface area contributed by atoms with Gasteiger partial charge in [0.2, 0.25) is 5.91 Å². The third-order valence-electron chi connectivity index (χ3n) is 3.80. The highest BCUT2D eigenvalue weighted by Crippen LogP contribution is 2.30. The Morgan fingerprint density at radius 3 is 2.96 bits per heavy atom. The second-order valence-corrected chi connectivity index (χ2v) is 6.74. The number of carbonyl (C=O) groups is 2. The van der Waals surface area contributed by atoms with Crippen molar-refractivity contribution in [1.29, 1.82) is 0 Å². The van der Waals surface area contributed by atoms with Crippen molar-refractivity contribution in [3.63, 3.8) is 0 Å². The lowest BCUT2D eigenvalue weighted by atomic mass is 10.1. The maximum absolute atomic E-state index is 12.4. The molecule has 1 aliphatic heterocycles. The Bertz CT molecular complexity index is 733. The fraction of sp³-hybridized carbons (Fsp3) is 0.312. The van der Waals surface area contributed by atoms with Gasteiger partial charge >= 0.3 is 0 Å². The summed E-state index contributed by atoms with van der Waals surface area (Å²) >= 11 is 7.70.